The van der Waals surface area contributed by atoms with Crippen LogP contribution in [0.15, 0.2) is 60.7 Å². The third kappa shape index (κ3) is 7.18. The van der Waals surface area contributed by atoms with E-state index in [-0.39, 0.29) is 17.9 Å². The fraction of sp³-hybridized carbons (Fsp3) is 0.412. The van der Waals surface area contributed by atoms with E-state index in [9.17, 15) is 9.59 Å². The number of fused-ring (bicyclic) bond motifs is 1. The minimum absolute atomic E-state index is 0.0337. The number of carbonyl (C=O) groups is 2. The molecule has 41 heavy (non-hydrogen) atoms. The van der Waals surface area contributed by atoms with Gasteiger partial charge in [-0.15, -0.1) is 0 Å². The Labute approximate surface area is 249 Å². The van der Waals surface area contributed by atoms with Crippen molar-refractivity contribution in [1.29, 1.82) is 0 Å². The highest BCUT2D eigenvalue weighted by Crippen LogP contribution is 2.36. The number of likely N-dealkylation sites (tertiary alicyclic amines) is 1. The number of anilines is 2. The Morgan fingerprint density at radius 3 is 2.46 bits per heavy atom. The van der Waals surface area contributed by atoms with Gasteiger partial charge in [0, 0.05) is 40.1 Å². The molecule has 3 aromatic rings. The standard InChI is InChI=1S/C34H41ClN4O2/c1-24-10-4-5-11-28(24)33(40)37-27-14-15-29(25(2)22-27)34(41)39-21-8-12-31(30-23-26(35)13-16-32(30)39)36-17-9-20-38-18-6-3-7-19-38/h4-5,10-11,13-16,22-23,31,36H,3,6-9,12,17-21H2,1-2H3,(H,37,40). The van der Waals surface area contributed by atoms with Crippen molar-refractivity contribution in [1.82, 2.24) is 10.2 Å². The molecule has 2 aliphatic heterocycles. The van der Waals surface area contributed by atoms with Gasteiger partial charge < -0.3 is 20.4 Å². The molecule has 7 heteroatoms. The summed E-state index contributed by atoms with van der Waals surface area (Å²) >= 11 is 6.47. The Hall–Kier alpha value is -3.19. The number of nitrogens with zero attached hydrogens (tertiary/aromatic N) is 2. The van der Waals surface area contributed by atoms with E-state index in [2.05, 4.69) is 15.5 Å². The Balaban J connectivity index is 1.29. The molecule has 0 spiro atoms. The predicted octanol–water partition coefficient (Wildman–Crippen LogP) is 7.16. The second kappa shape index (κ2) is 13.6. The number of rotatable bonds is 8. The smallest absolute Gasteiger partial charge is 0.258 e. The maximum atomic E-state index is 13.9. The average Bonchev–Trinajstić information content (AvgIpc) is 3.15. The van der Waals surface area contributed by atoms with Crippen molar-refractivity contribution < 1.29 is 9.59 Å². The zero-order chi connectivity index (χ0) is 28.8. The topological polar surface area (TPSA) is 64.7 Å². The van der Waals surface area contributed by atoms with Gasteiger partial charge in [-0.25, -0.2) is 0 Å². The summed E-state index contributed by atoms with van der Waals surface area (Å²) in [5.41, 5.74) is 5.69. The van der Waals surface area contributed by atoms with E-state index in [4.69, 9.17) is 11.6 Å². The number of carbonyl (C=O) groups excluding carboxylic acids is 2. The van der Waals surface area contributed by atoms with Crippen LogP contribution >= 0.6 is 11.6 Å². The summed E-state index contributed by atoms with van der Waals surface area (Å²) in [5.74, 6) is -0.192. The van der Waals surface area contributed by atoms with E-state index in [1.807, 2.05) is 79.4 Å². The van der Waals surface area contributed by atoms with Crippen LogP contribution in [0, 0.1) is 13.8 Å². The van der Waals surface area contributed by atoms with Gasteiger partial charge in [-0.2, -0.15) is 0 Å². The Kier molecular flexibility index (Phi) is 9.76. The number of aryl methyl sites for hydroxylation is 2. The van der Waals surface area contributed by atoms with Gasteiger partial charge in [-0.05, 0) is 131 Å². The van der Waals surface area contributed by atoms with Crippen molar-refractivity contribution >= 4 is 34.8 Å². The lowest BCUT2D eigenvalue weighted by atomic mass is 10.0. The maximum absolute atomic E-state index is 13.9. The van der Waals surface area contributed by atoms with Crippen molar-refractivity contribution in [3.8, 4) is 0 Å². The largest absolute Gasteiger partial charge is 0.322 e. The highest BCUT2D eigenvalue weighted by Gasteiger charge is 2.28. The number of benzene rings is 3. The predicted molar refractivity (Wildman–Crippen MR) is 168 cm³/mol. The lowest BCUT2D eigenvalue weighted by molar-refractivity contribution is 0.0985. The average molecular weight is 573 g/mol. The first-order valence-corrected chi connectivity index (χ1v) is 15.3. The summed E-state index contributed by atoms with van der Waals surface area (Å²) in [4.78, 5) is 31.2. The summed E-state index contributed by atoms with van der Waals surface area (Å²) in [6, 6.07) is 19.0. The van der Waals surface area contributed by atoms with E-state index in [0.29, 0.717) is 28.4 Å². The first-order valence-electron chi connectivity index (χ1n) is 15.0. The molecular formula is C34H41ClN4O2. The van der Waals surface area contributed by atoms with Gasteiger partial charge in [0.05, 0.1) is 0 Å². The Morgan fingerprint density at radius 1 is 0.878 bits per heavy atom. The first kappa shape index (κ1) is 29.3. The van der Waals surface area contributed by atoms with E-state index in [1.54, 1.807) is 0 Å². The van der Waals surface area contributed by atoms with Gasteiger partial charge in [0.1, 0.15) is 0 Å². The second-order valence-electron chi connectivity index (χ2n) is 11.4. The van der Waals surface area contributed by atoms with Crippen molar-refractivity contribution in [2.24, 2.45) is 0 Å². The van der Waals surface area contributed by atoms with E-state index in [0.717, 1.165) is 54.7 Å². The molecule has 2 amide bonds. The molecule has 3 aromatic carbocycles. The molecule has 0 aromatic heterocycles. The van der Waals surface area contributed by atoms with Crippen LogP contribution in [0.5, 0.6) is 0 Å². The molecule has 0 radical (unpaired) electrons. The molecule has 1 atom stereocenters. The van der Waals surface area contributed by atoms with E-state index >= 15 is 0 Å². The maximum Gasteiger partial charge on any atom is 0.258 e. The van der Waals surface area contributed by atoms with Gasteiger partial charge in [0.15, 0.2) is 0 Å². The number of hydrogen-bond acceptors (Lipinski definition) is 4. The summed E-state index contributed by atoms with van der Waals surface area (Å²) in [6.07, 6.45) is 6.94. The zero-order valence-electron chi connectivity index (χ0n) is 24.2. The van der Waals surface area contributed by atoms with E-state index < -0.39 is 0 Å². The molecule has 5 rings (SSSR count). The summed E-state index contributed by atoms with van der Waals surface area (Å²) in [7, 11) is 0. The lowest BCUT2D eigenvalue weighted by Crippen LogP contribution is -2.33. The minimum Gasteiger partial charge on any atom is -0.322 e. The molecule has 6 nitrogen and oxygen atoms in total. The van der Waals surface area contributed by atoms with Gasteiger partial charge >= 0.3 is 0 Å². The molecule has 1 fully saturated rings. The van der Waals surface area contributed by atoms with Crippen LogP contribution in [-0.2, 0) is 0 Å². The van der Waals surface area contributed by atoms with Crippen LogP contribution in [0.4, 0.5) is 11.4 Å². The number of piperidine rings is 1. The quantitative estimate of drug-likeness (QED) is 0.281. The zero-order valence-corrected chi connectivity index (χ0v) is 25.0. The van der Waals surface area contributed by atoms with Gasteiger partial charge in [-0.3, -0.25) is 9.59 Å². The van der Waals surface area contributed by atoms with Crippen LogP contribution in [0.25, 0.3) is 0 Å². The number of amides is 2. The molecular weight excluding hydrogens is 532 g/mol. The SMILES string of the molecule is Cc1ccccc1C(=O)Nc1ccc(C(=O)N2CCCC(NCCCN3CCCCC3)c3cc(Cl)ccc32)c(C)c1. The normalized spacial score (nSPS) is 17.5. The molecule has 1 unspecified atom stereocenters. The van der Waals surface area contributed by atoms with Gasteiger partial charge in [0.2, 0.25) is 0 Å². The second-order valence-corrected chi connectivity index (χ2v) is 11.8. The van der Waals surface area contributed by atoms with Gasteiger partial charge in [0.25, 0.3) is 11.8 Å². The third-order valence-corrected chi connectivity index (χ3v) is 8.61. The van der Waals surface area contributed by atoms with Crippen molar-refractivity contribution in [2.45, 2.75) is 58.4 Å². The minimum atomic E-state index is -0.158. The first-order chi connectivity index (χ1) is 19.9. The Bertz CT molecular complexity index is 1380. The summed E-state index contributed by atoms with van der Waals surface area (Å²) in [5, 5.41) is 7.44. The van der Waals surface area contributed by atoms with E-state index in [1.165, 1.54) is 32.4 Å². The van der Waals surface area contributed by atoms with Crippen LogP contribution in [0.1, 0.15) is 82.0 Å². The summed E-state index contributed by atoms with van der Waals surface area (Å²) in [6.45, 7) is 9.00. The Morgan fingerprint density at radius 2 is 1.68 bits per heavy atom. The number of nitrogens with one attached hydrogen (secondary N) is 2. The van der Waals surface area contributed by atoms with Crippen LogP contribution in [0.2, 0.25) is 5.02 Å². The van der Waals surface area contributed by atoms with Crippen LogP contribution in [-0.4, -0.2) is 49.4 Å². The summed E-state index contributed by atoms with van der Waals surface area (Å²) < 4.78 is 0. The molecule has 0 aliphatic carbocycles. The van der Waals surface area contributed by atoms with Gasteiger partial charge in [-0.1, -0.05) is 36.2 Å². The number of halogens is 1. The molecule has 2 N–H and O–H groups in total. The van der Waals surface area contributed by atoms with Crippen molar-refractivity contribution in [2.75, 3.05) is 42.9 Å². The fourth-order valence-corrected chi connectivity index (χ4v) is 6.30. The monoisotopic (exact) mass is 572 g/mol. The van der Waals surface area contributed by atoms with Crippen LogP contribution < -0.4 is 15.5 Å². The molecule has 1 saturated heterocycles. The molecule has 216 valence electrons. The molecule has 0 saturated carbocycles. The lowest BCUT2D eigenvalue weighted by Gasteiger charge is -2.27. The van der Waals surface area contributed by atoms with Crippen molar-refractivity contribution in [3.63, 3.8) is 0 Å². The molecule has 2 heterocycles. The van der Waals surface area contributed by atoms with Crippen molar-refractivity contribution in [3.05, 3.63) is 93.5 Å². The highest BCUT2D eigenvalue weighted by molar-refractivity contribution is 6.30. The molecule has 2 aliphatic rings. The highest BCUT2D eigenvalue weighted by atomic mass is 35.5. The molecule has 0 bridgehead atoms. The number of hydrogen-bond donors (Lipinski definition) is 2. The van der Waals surface area contributed by atoms with Crippen LogP contribution in [0.3, 0.4) is 0 Å². The third-order valence-electron chi connectivity index (χ3n) is 8.37. The fourth-order valence-electron chi connectivity index (χ4n) is 6.12.